The van der Waals surface area contributed by atoms with Gasteiger partial charge < -0.3 is 14.6 Å². The van der Waals surface area contributed by atoms with Crippen molar-refractivity contribution in [2.24, 2.45) is 0 Å². The first-order valence-electron chi connectivity index (χ1n) is 9.34. The molecule has 0 unspecified atom stereocenters. The van der Waals surface area contributed by atoms with E-state index in [-0.39, 0.29) is 11.5 Å². The Hall–Kier alpha value is -2.83. The van der Waals surface area contributed by atoms with Crippen LogP contribution in [0.4, 0.5) is 0 Å². The van der Waals surface area contributed by atoms with Gasteiger partial charge in [0.1, 0.15) is 17.1 Å². The monoisotopic (exact) mass is 368 g/mol. The highest BCUT2D eigenvalue weighted by Crippen LogP contribution is 2.34. The Bertz CT molecular complexity index is 1070. The maximum Gasteiger partial charge on any atom is 0.274 e. The Morgan fingerprint density at radius 1 is 1.22 bits per heavy atom. The van der Waals surface area contributed by atoms with Crippen LogP contribution in [0.2, 0.25) is 0 Å². The van der Waals surface area contributed by atoms with E-state index in [1.165, 1.54) is 31.3 Å². The first-order valence-corrected chi connectivity index (χ1v) is 9.34. The molecule has 27 heavy (non-hydrogen) atoms. The highest BCUT2D eigenvalue weighted by Gasteiger charge is 2.23. The number of nitrogens with one attached hydrogen (secondary N) is 1. The minimum atomic E-state index is -0.189. The van der Waals surface area contributed by atoms with Crippen molar-refractivity contribution in [3.05, 3.63) is 40.1 Å². The number of nitrogens with zero attached hydrogens (tertiary/aromatic N) is 3. The van der Waals surface area contributed by atoms with Gasteiger partial charge in [0.2, 0.25) is 0 Å². The minimum absolute atomic E-state index is 0.146. The zero-order chi connectivity index (χ0) is 19.1. The van der Waals surface area contributed by atoms with E-state index >= 15 is 0 Å². The van der Waals surface area contributed by atoms with Gasteiger partial charge in [-0.3, -0.25) is 14.0 Å². The normalized spacial score (nSPS) is 15.4. The van der Waals surface area contributed by atoms with Gasteiger partial charge in [-0.05, 0) is 18.9 Å². The molecule has 0 spiro atoms. The largest absolute Gasteiger partial charge is 0.496 e. The maximum atomic E-state index is 12.6. The van der Waals surface area contributed by atoms with Crippen molar-refractivity contribution in [3.8, 4) is 5.75 Å². The number of amides is 1. The van der Waals surface area contributed by atoms with E-state index in [4.69, 9.17) is 4.74 Å². The second-order valence-corrected chi connectivity index (χ2v) is 7.40. The number of carbonyl (C=O) groups excluding carboxylic acids is 1. The summed E-state index contributed by atoms with van der Waals surface area (Å²) in [4.78, 5) is 34.2. The van der Waals surface area contributed by atoms with Crippen molar-refractivity contribution in [1.82, 2.24) is 19.3 Å². The summed E-state index contributed by atoms with van der Waals surface area (Å²) in [6.45, 7) is 0. The van der Waals surface area contributed by atoms with E-state index < -0.39 is 0 Å². The molecule has 0 bridgehead atoms. The highest BCUT2D eigenvalue weighted by atomic mass is 16.5. The van der Waals surface area contributed by atoms with E-state index in [9.17, 15) is 9.59 Å². The standard InChI is InChI=1S/C20H24N4O3/c1-23(2)20(26)13-9-15-14(10-17(13)27-3)22-19(25)16-11-21-18(24(15)16)12-7-5-4-6-8-12/h9-12H,4-8H2,1-3H3,(H,22,25). The van der Waals surface area contributed by atoms with Crippen LogP contribution in [0.1, 0.15) is 54.2 Å². The van der Waals surface area contributed by atoms with Crippen LogP contribution in [0.3, 0.4) is 0 Å². The molecule has 1 saturated carbocycles. The van der Waals surface area contributed by atoms with Crippen LogP contribution in [0.15, 0.2) is 23.1 Å². The average molecular weight is 368 g/mol. The molecule has 1 N–H and O–H groups in total. The Balaban J connectivity index is 2.03. The van der Waals surface area contributed by atoms with Gasteiger partial charge in [-0.1, -0.05) is 19.3 Å². The molecule has 7 nitrogen and oxygen atoms in total. The van der Waals surface area contributed by atoms with Crippen LogP contribution >= 0.6 is 0 Å². The molecule has 2 aromatic heterocycles. The number of benzene rings is 1. The highest BCUT2D eigenvalue weighted by molar-refractivity contribution is 6.00. The first-order chi connectivity index (χ1) is 13.0. The number of ether oxygens (including phenoxy) is 1. The predicted octanol–water partition coefficient (Wildman–Crippen LogP) is 2.93. The third-order valence-electron chi connectivity index (χ3n) is 5.44. The molecule has 4 rings (SSSR count). The van der Waals surface area contributed by atoms with E-state index in [1.807, 2.05) is 4.40 Å². The Morgan fingerprint density at radius 3 is 2.63 bits per heavy atom. The molecular weight excluding hydrogens is 344 g/mol. The molecule has 1 aromatic carbocycles. The molecular formula is C20H24N4O3. The number of aromatic nitrogens is 3. The second kappa shape index (κ2) is 6.72. The van der Waals surface area contributed by atoms with Crippen molar-refractivity contribution >= 4 is 22.5 Å². The second-order valence-electron chi connectivity index (χ2n) is 7.40. The molecule has 3 aromatic rings. The van der Waals surface area contributed by atoms with Gasteiger partial charge in [-0.2, -0.15) is 0 Å². The van der Waals surface area contributed by atoms with Crippen LogP contribution in [0.5, 0.6) is 5.75 Å². The van der Waals surface area contributed by atoms with Gasteiger partial charge >= 0.3 is 0 Å². The van der Waals surface area contributed by atoms with E-state index in [2.05, 4.69) is 9.97 Å². The molecule has 0 saturated heterocycles. The number of aromatic amines is 1. The van der Waals surface area contributed by atoms with Gasteiger partial charge in [0, 0.05) is 26.1 Å². The number of hydrogen-bond donors (Lipinski definition) is 1. The molecule has 142 valence electrons. The number of H-pyrrole nitrogens is 1. The molecule has 2 heterocycles. The maximum absolute atomic E-state index is 12.6. The summed E-state index contributed by atoms with van der Waals surface area (Å²) in [6, 6.07) is 3.52. The van der Waals surface area contributed by atoms with Gasteiger partial charge in [0.05, 0.1) is 29.9 Å². The zero-order valence-electron chi connectivity index (χ0n) is 15.9. The topological polar surface area (TPSA) is 79.7 Å². The summed E-state index contributed by atoms with van der Waals surface area (Å²) < 4.78 is 7.34. The van der Waals surface area contributed by atoms with Crippen molar-refractivity contribution < 1.29 is 9.53 Å². The molecule has 0 radical (unpaired) electrons. The number of fused-ring (bicyclic) bond motifs is 3. The summed E-state index contributed by atoms with van der Waals surface area (Å²) >= 11 is 0. The number of imidazole rings is 1. The molecule has 1 aliphatic rings. The number of hydrogen-bond acceptors (Lipinski definition) is 4. The lowest BCUT2D eigenvalue weighted by Crippen LogP contribution is -2.23. The van der Waals surface area contributed by atoms with Crippen molar-refractivity contribution in [3.63, 3.8) is 0 Å². The van der Waals surface area contributed by atoms with Crippen molar-refractivity contribution in [2.45, 2.75) is 38.0 Å². The summed E-state index contributed by atoms with van der Waals surface area (Å²) in [5.74, 6) is 1.54. The lowest BCUT2D eigenvalue weighted by atomic mass is 9.88. The lowest BCUT2D eigenvalue weighted by molar-refractivity contribution is 0.0824. The zero-order valence-corrected chi connectivity index (χ0v) is 15.9. The van der Waals surface area contributed by atoms with E-state index in [1.54, 1.807) is 32.4 Å². The number of methoxy groups -OCH3 is 1. The predicted molar refractivity (Wildman–Crippen MR) is 104 cm³/mol. The van der Waals surface area contributed by atoms with Gasteiger partial charge in [-0.15, -0.1) is 0 Å². The van der Waals surface area contributed by atoms with E-state index in [0.29, 0.717) is 28.3 Å². The van der Waals surface area contributed by atoms with Gasteiger partial charge in [-0.25, -0.2) is 4.98 Å². The molecule has 7 heteroatoms. The molecule has 1 aliphatic carbocycles. The van der Waals surface area contributed by atoms with Crippen molar-refractivity contribution in [2.75, 3.05) is 21.2 Å². The number of rotatable bonds is 3. The Kier molecular flexibility index (Phi) is 4.37. The summed E-state index contributed by atoms with van der Waals surface area (Å²) in [5, 5.41) is 0. The molecule has 0 aliphatic heterocycles. The Labute approximate surface area is 157 Å². The van der Waals surface area contributed by atoms with Crippen LogP contribution in [0, 0.1) is 0 Å². The van der Waals surface area contributed by atoms with Crippen LogP contribution in [-0.4, -0.2) is 46.4 Å². The minimum Gasteiger partial charge on any atom is -0.496 e. The Morgan fingerprint density at radius 2 is 1.96 bits per heavy atom. The van der Waals surface area contributed by atoms with Crippen LogP contribution in [0.25, 0.3) is 16.6 Å². The molecule has 1 fully saturated rings. The number of carbonyl (C=O) groups is 1. The summed E-state index contributed by atoms with van der Waals surface area (Å²) in [6.07, 6.45) is 7.40. The van der Waals surface area contributed by atoms with E-state index in [0.717, 1.165) is 24.2 Å². The SMILES string of the molecule is COc1cc2[nH]c(=O)c3cnc(C4CCCCC4)n3c2cc1C(=O)N(C)C. The lowest BCUT2D eigenvalue weighted by Gasteiger charge is -2.21. The fourth-order valence-corrected chi connectivity index (χ4v) is 4.05. The summed E-state index contributed by atoms with van der Waals surface area (Å²) in [5.41, 5.74) is 2.19. The summed E-state index contributed by atoms with van der Waals surface area (Å²) in [7, 11) is 4.94. The van der Waals surface area contributed by atoms with Gasteiger partial charge in [0.15, 0.2) is 0 Å². The fourth-order valence-electron chi connectivity index (χ4n) is 4.05. The molecule has 1 amide bonds. The smallest absolute Gasteiger partial charge is 0.274 e. The van der Waals surface area contributed by atoms with Crippen molar-refractivity contribution in [1.29, 1.82) is 0 Å². The third-order valence-corrected chi connectivity index (χ3v) is 5.44. The molecule has 0 atom stereocenters. The first kappa shape index (κ1) is 17.6. The average Bonchev–Trinajstić information content (AvgIpc) is 3.13. The van der Waals surface area contributed by atoms with Gasteiger partial charge in [0.25, 0.3) is 11.5 Å². The third kappa shape index (κ3) is 2.87. The quantitative estimate of drug-likeness (QED) is 0.771. The van der Waals surface area contributed by atoms with Crippen LogP contribution < -0.4 is 10.3 Å². The fraction of sp³-hybridized carbons (Fsp3) is 0.450. The van der Waals surface area contributed by atoms with Crippen LogP contribution in [-0.2, 0) is 0 Å².